The molecule has 1 fully saturated rings. The number of halogens is 2. The van der Waals surface area contributed by atoms with Crippen molar-refractivity contribution in [2.45, 2.75) is 6.92 Å². The number of piperazine rings is 1. The van der Waals surface area contributed by atoms with Crippen LogP contribution in [0.3, 0.4) is 0 Å². The smallest absolute Gasteiger partial charge is 0.321 e. The van der Waals surface area contributed by atoms with Gasteiger partial charge in [-0.05, 0) is 55.0 Å². The molecule has 4 nitrogen and oxygen atoms in total. The number of anilines is 2. The van der Waals surface area contributed by atoms with Gasteiger partial charge in [0.1, 0.15) is 5.82 Å². The lowest BCUT2D eigenvalue weighted by molar-refractivity contribution is 0.208. The number of benzene rings is 2. The molecule has 2 aromatic carbocycles. The van der Waals surface area contributed by atoms with Crippen molar-refractivity contribution in [2.24, 2.45) is 0 Å². The van der Waals surface area contributed by atoms with E-state index in [2.05, 4.69) is 51.3 Å². The van der Waals surface area contributed by atoms with E-state index in [0.717, 1.165) is 17.6 Å². The van der Waals surface area contributed by atoms with Crippen LogP contribution in [0.5, 0.6) is 0 Å². The zero-order chi connectivity index (χ0) is 17.1. The topological polar surface area (TPSA) is 35.6 Å². The highest BCUT2D eigenvalue weighted by atomic mass is 79.9. The van der Waals surface area contributed by atoms with Gasteiger partial charge in [-0.3, -0.25) is 0 Å². The molecule has 0 atom stereocenters. The number of amides is 2. The molecule has 1 aliphatic heterocycles. The standard InChI is InChI=1S/C18H19BrFN3O/c1-13-12-16(6-7-17(13)19)22-8-10-23(11-9-22)18(24)21-15-4-2-14(20)3-5-15/h2-7,12H,8-11H2,1H3,(H,21,24). The first kappa shape index (κ1) is 16.8. The number of carbonyl (C=O) groups is 1. The monoisotopic (exact) mass is 391 g/mol. The van der Waals surface area contributed by atoms with E-state index in [0.29, 0.717) is 18.8 Å². The molecular weight excluding hydrogens is 373 g/mol. The summed E-state index contributed by atoms with van der Waals surface area (Å²) in [5, 5.41) is 2.81. The first-order valence-electron chi connectivity index (χ1n) is 7.85. The van der Waals surface area contributed by atoms with Gasteiger partial charge in [-0.2, -0.15) is 0 Å². The summed E-state index contributed by atoms with van der Waals surface area (Å²) in [6.07, 6.45) is 0. The number of nitrogens with zero attached hydrogens (tertiary/aromatic N) is 2. The Hall–Kier alpha value is -2.08. The second-order valence-corrected chi connectivity index (χ2v) is 6.70. The van der Waals surface area contributed by atoms with Gasteiger partial charge in [0, 0.05) is 42.0 Å². The fraction of sp³-hybridized carbons (Fsp3) is 0.278. The van der Waals surface area contributed by atoms with Crippen LogP contribution in [0.4, 0.5) is 20.6 Å². The molecule has 126 valence electrons. The number of carbonyl (C=O) groups excluding carboxylic acids is 1. The van der Waals surface area contributed by atoms with Crippen molar-refractivity contribution in [1.29, 1.82) is 0 Å². The van der Waals surface area contributed by atoms with Crippen molar-refractivity contribution in [2.75, 3.05) is 36.4 Å². The van der Waals surface area contributed by atoms with Crippen molar-refractivity contribution in [3.05, 3.63) is 58.3 Å². The largest absolute Gasteiger partial charge is 0.368 e. The third kappa shape index (κ3) is 3.87. The maximum absolute atomic E-state index is 12.9. The minimum atomic E-state index is -0.314. The minimum absolute atomic E-state index is 0.145. The lowest BCUT2D eigenvalue weighted by Gasteiger charge is -2.36. The molecule has 0 radical (unpaired) electrons. The SMILES string of the molecule is Cc1cc(N2CCN(C(=O)Nc3ccc(F)cc3)CC2)ccc1Br. The predicted octanol–water partition coefficient (Wildman–Crippen LogP) is 4.25. The summed E-state index contributed by atoms with van der Waals surface area (Å²) in [4.78, 5) is 16.4. The quantitative estimate of drug-likeness (QED) is 0.830. The summed E-state index contributed by atoms with van der Waals surface area (Å²) < 4.78 is 14.0. The summed E-state index contributed by atoms with van der Waals surface area (Å²) in [5.74, 6) is -0.314. The van der Waals surface area contributed by atoms with Crippen LogP contribution < -0.4 is 10.2 Å². The molecule has 0 unspecified atom stereocenters. The summed E-state index contributed by atoms with van der Waals surface area (Å²) in [5.41, 5.74) is 2.98. The number of hydrogen-bond donors (Lipinski definition) is 1. The van der Waals surface area contributed by atoms with Gasteiger partial charge in [-0.15, -0.1) is 0 Å². The molecule has 0 bridgehead atoms. The van der Waals surface area contributed by atoms with Crippen LogP contribution in [0.25, 0.3) is 0 Å². The summed E-state index contributed by atoms with van der Waals surface area (Å²) in [6.45, 7) is 4.96. The van der Waals surface area contributed by atoms with Crippen LogP contribution in [0.15, 0.2) is 46.9 Å². The Kier molecular flexibility index (Phi) is 5.04. The Balaban J connectivity index is 1.57. The lowest BCUT2D eigenvalue weighted by Crippen LogP contribution is -2.50. The van der Waals surface area contributed by atoms with Gasteiger partial charge in [-0.1, -0.05) is 15.9 Å². The molecule has 0 saturated carbocycles. The van der Waals surface area contributed by atoms with Crippen LogP contribution >= 0.6 is 15.9 Å². The number of nitrogens with one attached hydrogen (secondary N) is 1. The number of hydrogen-bond acceptors (Lipinski definition) is 2. The molecule has 1 N–H and O–H groups in total. The molecule has 24 heavy (non-hydrogen) atoms. The van der Waals surface area contributed by atoms with Gasteiger partial charge in [0.05, 0.1) is 0 Å². The second kappa shape index (κ2) is 7.21. The maximum atomic E-state index is 12.9. The average Bonchev–Trinajstić information content (AvgIpc) is 2.59. The van der Waals surface area contributed by atoms with Gasteiger partial charge in [0.25, 0.3) is 0 Å². The molecule has 1 heterocycles. The van der Waals surface area contributed by atoms with E-state index in [1.165, 1.54) is 23.4 Å². The van der Waals surface area contributed by atoms with Crippen molar-refractivity contribution < 1.29 is 9.18 Å². The van der Waals surface area contributed by atoms with Crippen LogP contribution in [-0.2, 0) is 0 Å². The van der Waals surface area contributed by atoms with E-state index in [4.69, 9.17) is 0 Å². The van der Waals surface area contributed by atoms with Crippen LogP contribution in [0, 0.1) is 12.7 Å². The lowest BCUT2D eigenvalue weighted by atomic mass is 10.2. The zero-order valence-electron chi connectivity index (χ0n) is 13.4. The second-order valence-electron chi connectivity index (χ2n) is 5.84. The molecule has 3 rings (SSSR count). The highest BCUT2D eigenvalue weighted by molar-refractivity contribution is 9.10. The molecule has 0 aromatic heterocycles. The normalized spacial score (nSPS) is 14.6. The molecule has 0 spiro atoms. The van der Waals surface area contributed by atoms with Crippen molar-refractivity contribution in [1.82, 2.24) is 4.90 Å². The molecule has 2 amide bonds. The highest BCUT2D eigenvalue weighted by Crippen LogP contribution is 2.24. The molecular formula is C18H19BrFN3O. The van der Waals surface area contributed by atoms with E-state index < -0.39 is 0 Å². The van der Waals surface area contributed by atoms with Gasteiger partial charge in [-0.25, -0.2) is 9.18 Å². The molecule has 1 aliphatic rings. The molecule has 0 aliphatic carbocycles. The fourth-order valence-electron chi connectivity index (χ4n) is 2.73. The average molecular weight is 392 g/mol. The van der Waals surface area contributed by atoms with Gasteiger partial charge in [0.15, 0.2) is 0 Å². The Bertz CT molecular complexity index is 728. The third-order valence-corrected chi connectivity index (χ3v) is 5.06. The van der Waals surface area contributed by atoms with Crippen LogP contribution in [0.1, 0.15) is 5.56 Å². The van der Waals surface area contributed by atoms with E-state index in [9.17, 15) is 9.18 Å². The predicted molar refractivity (Wildman–Crippen MR) is 98.1 cm³/mol. The minimum Gasteiger partial charge on any atom is -0.368 e. The van der Waals surface area contributed by atoms with Crippen LogP contribution in [-0.4, -0.2) is 37.1 Å². The van der Waals surface area contributed by atoms with Gasteiger partial charge < -0.3 is 15.1 Å². The Morgan fingerprint density at radius 2 is 1.75 bits per heavy atom. The highest BCUT2D eigenvalue weighted by Gasteiger charge is 2.21. The number of urea groups is 1. The summed E-state index contributed by atoms with van der Waals surface area (Å²) >= 11 is 3.51. The molecule has 6 heteroatoms. The van der Waals surface area contributed by atoms with Gasteiger partial charge in [0.2, 0.25) is 0 Å². The number of rotatable bonds is 2. The molecule has 1 saturated heterocycles. The summed E-state index contributed by atoms with van der Waals surface area (Å²) in [6, 6.07) is 11.9. The van der Waals surface area contributed by atoms with E-state index >= 15 is 0 Å². The molecule has 2 aromatic rings. The summed E-state index contributed by atoms with van der Waals surface area (Å²) in [7, 11) is 0. The van der Waals surface area contributed by atoms with E-state index in [1.54, 1.807) is 17.0 Å². The first-order chi connectivity index (χ1) is 11.5. The first-order valence-corrected chi connectivity index (χ1v) is 8.65. The zero-order valence-corrected chi connectivity index (χ0v) is 15.0. The number of aryl methyl sites for hydroxylation is 1. The van der Waals surface area contributed by atoms with Crippen molar-refractivity contribution in [3.63, 3.8) is 0 Å². The van der Waals surface area contributed by atoms with E-state index in [-0.39, 0.29) is 11.8 Å². The Morgan fingerprint density at radius 3 is 2.38 bits per heavy atom. The van der Waals surface area contributed by atoms with Crippen molar-refractivity contribution in [3.8, 4) is 0 Å². The third-order valence-electron chi connectivity index (χ3n) is 4.17. The Labute approximate surface area is 149 Å². The fourth-order valence-corrected chi connectivity index (χ4v) is 2.98. The Morgan fingerprint density at radius 1 is 1.08 bits per heavy atom. The van der Waals surface area contributed by atoms with E-state index in [1.807, 2.05) is 0 Å². The van der Waals surface area contributed by atoms with Crippen molar-refractivity contribution >= 4 is 33.3 Å². The maximum Gasteiger partial charge on any atom is 0.321 e. The van der Waals surface area contributed by atoms with Gasteiger partial charge >= 0.3 is 6.03 Å². The van der Waals surface area contributed by atoms with Crippen LogP contribution in [0.2, 0.25) is 0 Å².